The minimum atomic E-state index is -0.897. The largest absolute Gasteiger partial charge is 0.478 e. The van der Waals surface area contributed by atoms with Gasteiger partial charge in [0.25, 0.3) is 0 Å². The highest BCUT2D eigenvalue weighted by Crippen LogP contribution is 2.24. The molecule has 0 atom stereocenters. The number of hydrogen-bond acceptors (Lipinski definition) is 3. The van der Waals surface area contributed by atoms with Gasteiger partial charge in [-0.15, -0.1) is 0 Å². The van der Waals surface area contributed by atoms with Crippen LogP contribution in [0.2, 0.25) is 0 Å². The lowest BCUT2D eigenvalue weighted by molar-refractivity contribution is -0.131. The SMILES string of the molecule is O=C(O)/C=C/CN(CCCO)C1CCC1. The van der Waals surface area contributed by atoms with Crippen molar-refractivity contribution >= 4 is 5.97 Å². The number of nitrogens with zero attached hydrogens (tertiary/aromatic N) is 1. The number of aliphatic carboxylic acids is 1. The highest BCUT2D eigenvalue weighted by Gasteiger charge is 2.23. The third-order valence-electron chi connectivity index (χ3n) is 2.79. The molecule has 0 saturated heterocycles. The average molecular weight is 213 g/mol. The van der Waals surface area contributed by atoms with Gasteiger partial charge in [0, 0.05) is 31.8 Å². The summed E-state index contributed by atoms with van der Waals surface area (Å²) in [6, 6.07) is 0.593. The maximum Gasteiger partial charge on any atom is 0.328 e. The van der Waals surface area contributed by atoms with Gasteiger partial charge in [0.2, 0.25) is 0 Å². The molecule has 4 nitrogen and oxygen atoms in total. The van der Waals surface area contributed by atoms with Crippen molar-refractivity contribution in [1.29, 1.82) is 0 Å². The highest BCUT2D eigenvalue weighted by molar-refractivity contribution is 5.79. The Kier molecular flexibility index (Phi) is 5.36. The van der Waals surface area contributed by atoms with E-state index < -0.39 is 5.97 Å². The smallest absolute Gasteiger partial charge is 0.328 e. The van der Waals surface area contributed by atoms with E-state index in [2.05, 4.69) is 4.90 Å². The van der Waals surface area contributed by atoms with Crippen LogP contribution in [0.3, 0.4) is 0 Å². The van der Waals surface area contributed by atoms with Crippen LogP contribution < -0.4 is 0 Å². The van der Waals surface area contributed by atoms with E-state index in [9.17, 15) is 4.79 Å². The van der Waals surface area contributed by atoms with Gasteiger partial charge in [-0.2, -0.15) is 0 Å². The molecule has 1 saturated carbocycles. The van der Waals surface area contributed by atoms with Gasteiger partial charge in [-0.05, 0) is 19.3 Å². The number of carboxylic acid groups (broad SMARTS) is 1. The summed E-state index contributed by atoms with van der Waals surface area (Å²) in [5.74, 6) is -0.897. The molecule has 1 aliphatic carbocycles. The summed E-state index contributed by atoms with van der Waals surface area (Å²) in [5.41, 5.74) is 0. The number of carboxylic acids is 1. The first-order valence-corrected chi connectivity index (χ1v) is 5.48. The van der Waals surface area contributed by atoms with E-state index in [0.29, 0.717) is 12.6 Å². The number of hydrogen-bond donors (Lipinski definition) is 2. The molecule has 0 spiro atoms. The van der Waals surface area contributed by atoms with E-state index in [0.717, 1.165) is 13.0 Å². The Morgan fingerprint density at radius 2 is 2.20 bits per heavy atom. The van der Waals surface area contributed by atoms with Crippen molar-refractivity contribution in [3.63, 3.8) is 0 Å². The van der Waals surface area contributed by atoms with Gasteiger partial charge in [0.05, 0.1) is 0 Å². The van der Waals surface area contributed by atoms with Crippen molar-refractivity contribution in [2.45, 2.75) is 31.7 Å². The monoisotopic (exact) mass is 213 g/mol. The van der Waals surface area contributed by atoms with E-state index in [4.69, 9.17) is 10.2 Å². The molecule has 0 aliphatic heterocycles. The Bertz CT molecular complexity index is 224. The molecule has 1 fully saturated rings. The first-order valence-electron chi connectivity index (χ1n) is 5.48. The average Bonchev–Trinajstić information content (AvgIpc) is 2.10. The van der Waals surface area contributed by atoms with E-state index in [-0.39, 0.29) is 6.61 Å². The second-order valence-electron chi connectivity index (χ2n) is 3.90. The maximum atomic E-state index is 10.3. The van der Waals surface area contributed by atoms with Gasteiger partial charge in [-0.1, -0.05) is 12.5 Å². The third kappa shape index (κ3) is 4.44. The van der Waals surface area contributed by atoms with E-state index in [1.165, 1.54) is 25.3 Å². The Balaban J connectivity index is 2.30. The fourth-order valence-electron chi connectivity index (χ4n) is 1.74. The molecule has 0 aromatic carbocycles. The molecule has 86 valence electrons. The number of rotatable bonds is 7. The predicted molar refractivity (Wildman–Crippen MR) is 57.7 cm³/mol. The molecule has 1 aliphatic rings. The minimum Gasteiger partial charge on any atom is -0.478 e. The van der Waals surface area contributed by atoms with Gasteiger partial charge < -0.3 is 10.2 Å². The second kappa shape index (κ2) is 6.58. The van der Waals surface area contributed by atoms with Crippen LogP contribution in [-0.4, -0.2) is 46.8 Å². The lowest BCUT2D eigenvalue weighted by Crippen LogP contribution is -2.41. The van der Waals surface area contributed by atoms with Gasteiger partial charge in [0.1, 0.15) is 0 Å². The Labute approximate surface area is 90.2 Å². The predicted octanol–water partition coefficient (Wildman–Crippen LogP) is 0.864. The van der Waals surface area contributed by atoms with Crippen molar-refractivity contribution in [2.24, 2.45) is 0 Å². The second-order valence-corrected chi connectivity index (χ2v) is 3.90. The fraction of sp³-hybridized carbons (Fsp3) is 0.727. The summed E-state index contributed by atoms with van der Waals surface area (Å²) in [5, 5.41) is 17.2. The van der Waals surface area contributed by atoms with Crippen molar-refractivity contribution in [3.05, 3.63) is 12.2 Å². The molecular formula is C11H19NO3. The molecule has 0 aromatic heterocycles. The third-order valence-corrected chi connectivity index (χ3v) is 2.79. The standard InChI is InChI=1S/C11H19NO3/c13-9-3-8-12(10-4-1-5-10)7-2-6-11(14)15/h2,6,10,13H,1,3-5,7-9H2,(H,14,15)/b6-2+. The van der Waals surface area contributed by atoms with E-state index in [1.54, 1.807) is 6.08 Å². The lowest BCUT2D eigenvalue weighted by Gasteiger charge is -2.36. The van der Waals surface area contributed by atoms with Crippen LogP contribution in [-0.2, 0) is 4.79 Å². The fourth-order valence-corrected chi connectivity index (χ4v) is 1.74. The first kappa shape index (κ1) is 12.2. The summed E-state index contributed by atoms with van der Waals surface area (Å²) in [7, 11) is 0. The van der Waals surface area contributed by atoms with Crippen molar-refractivity contribution in [3.8, 4) is 0 Å². The zero-order valence-electron chi connectivity index (χ0n) is 8.93. The quantitative estimate of drug-likeness (QED) is 0.616. The van der Waals surface area contributed by atoms with Crippen LogP contribution in [0.25, 0.3) is 0 Å². The molecule has 0 heterocycles. The maximum absolute atomic E-state index is 10.3. The molecule has 4 heteroatoms. The summed E-state index contributed by atoms with van der Waals surface area (Å²) in [6.07, 6.45) is 7.29. The molecule has 1 rings (SSSR count). The van der Waals surface area contributed by atoms with Crippen LogP contribution in [0, 0.1) is 0 Å². The van der Waals surface area contributed by atoms with Crippen molar-refractivity contribution < 1.29 is 15.0 Å². The van der Waals surface area contributed by atoms with Crippen LogP contribution in [0.15, 0.2) is 12.2 Å². The van der Waals surface area contributed by atoms with Crippen LogP contribution in [0.4, 0.5) is 0 Å². The van der Waals surface area contributed by atoms with Crippen LogP contribution in [0.5, 0.6) is 0 Å². The van der Waals surface area contributed by atoms with Crippen LogP contribution >= 0.6 is 0 Å². The number of aliphatic hydroxyl groups excluding tert-OH is 1. The Morgan fingerprint density at radius 1 is 1.47 bits per heavy atom. The number of aliphatic hydroxyl groups is 1. The van der Waals surface area contributed by atoms with Crippen molar-refractivity contribution in [2.75, 3.05) is 19.7 Å². The van der Waals surface area contributed by atoms with Gasteiger partial charge in [0.15, 0.2) is 0 Å². The molecule has 0 bridgehead atoms. The zero-order valence-corrected chi connectivity index (χ0v) is 8.93. The molecule has 0 amide bonds. The van der Waals surface area contributed by atoms with E-state index >= 15 is 0 Å². The summed E-state index contributed by atoms with van der Waals surface area (Å²) < 4.78 is 0. The highest BCUT2D eigenvalue weighted by atomic mass is 16.4. The van der Waals surface area contributed by atoms with Crippen molar-refractivity contribution in [1.82, 2.24) is 4.90 Å². The van der Waals surface area contributed by atoms with Gasteiger partial charge in [-0.25, -0.2) is 4.79 Å². The normalized spacial score (nSPS) is 17.2. The summed E-state index contributed by atoms with van der Waals surface area (Å²) >= 11 is 0. The zero-order chi connectivity index (χ0) is 11.1. The number of carbonyl (C=O) groups is 1. The topological polar surface area (TPSA) is 60.8 Å². The molecule has 15 heavy (non-hydrogen) atoms. The summed E-state index contributed by atoms with van der Waals surface area (Å²) in [6.45, 7) is 1.73. The molecule has 2 N–H and O–H groups in total. The van der Waals surface area contributed by atoms with Crippen LogP contribution in [0.1, 0.15) is 25.7 Å². The minimum absolute atomic E-state index is 0.200. The van der Waals surface area contributed by atoms with Gasteiger partial charge in [-0.3, -0.25) is 4.90 Å². The lowest BCUT2D eigenvalue weighted by atomic mass is 9.91. The first-order chi connectivity index (χ1) is 7.24. The Morgan fingerprint density at radius 3 is 2.67 bits per heavy atom. The molecule has 0 aromatic rings. The summed E-state index contributed by atoms with van der Waals surface area (Å²) in [4.78, 5) is 12.6. The van der Waals surface area contributed by atoms with E-state index in [1.807, 2.05) is 0 Å². The molecule has 0 unspecified atom stereocenters. The molecule has 0 radical (unpaired) electrons. The molecular weight excluding hydrogens is 194 g/mol. The van der Waals surface area contributed by atoms with Gasteiger partial charge >= 0.3 is 5.97 Å². The Hall–Kier alpha value is -0.870.